The number of ether oxygens (including phenoxy) is 1. The lowest BCUT2D eigenvalue weighted by molar-refractivity contribution is -0.127. The zero-order chi connectivity index (χ0) is 18.8. The molecule has 1 fully saturated rings. The Morgan fingerprint density at radius 1 is 1.35 bits per heavy atom. The molecule has 0 aromatic carbocycles. The molecular formula is C17H21N3O4S2. The minimum Gasteiger partial charge on any atom is -0.465 e. The van der Waals surface area contributed by atoms with Gasteiger partial charge in [0.15, 0.2) is 5.17 Å². The van der Waals surface area contributed by atoms with E-state index in [1.807, 2.05) is 0 Å². The molecule has 3 rings (SSSR count). The SMILES string of the molecule is CN=C1SC(CC(=O)Nc2sc3c(c2C(=O)OC)CCCC3)C(=O)N1C. The van der Waals surface area contributed by atoms with Crippen molar-refractivity contribution in [1.29, 1.82) is 0 Å². The number of amidine groups is 1. The third-order valence-corrected chi connectivity index (χ3v) is 7.04. The minimum absolute atomic E-state index is 0.0377. The first-order valence-corrected chi connectivity index (χ1v) is 10.1. The number of methoxy groups -OCH3 is 1. The van der Waals surface area contributed by atoms with Crippen molar-refractivity contribution in [3.8, 4) is 0 Å². The van der Waals surface area contributed by atoms with Gasteiger partial charge in [0.25, 0.3) is 0 Å². The number of esters is 1. The number of aryl methyl sites for hydroxylation is 1. The van der Waals surface area contributed by atoms with Crippen molar-refractivity contribution in [1.82, 2.24) is 4.90 Å². The Balaban J connectivity index is 1.77. The molecule has 1 unspecified atom stereocenters. The van der Waals surface area contributed by atoms with Gasteiger partial charge in [-0.1, -0.05) is 11.8 Å². The van der Waals surface area contributed by atoms with Crippen molar-refractivity contribution >= 4 is 51.1 Å². The summed E-state index contributed by atoms with van der Waals surface area (Å²) in [6.07, 6.45) is 3.89. The lowest BCUT2D eigenvalue weighted by atomic mass is 9.95. The fourth-order valence-electron chi connectivity index (χ4n) is 3.22. The molecule has 1 aliphatic carbocycles. The summed E-state index contributed by atoms with van der Waals surface area (Å²) in [6, 6.07) is 0. The summed E-state index contributed by atoms with van der Waals surface area (Å²) in [7, 11) is 4.61. The van der Waals surface area contributed by atoms with E-state index in [0.29, 0.717) is 15.7 Å². The number of aliphatic imine (C=N–C) groups is 1. The lowest BCUT2D eigenvalue weighted by Crippen LogP contribution is -2.30. The second-order valence-corrected chi connectivity index (χ2v) is 8.44. The molecule has 1 saturated heterocycles. The molecule has 0 radical (unpaired) electrons. The van der Waals surface area contributed by atoms with Crippen LogP contribution in [0.3, 0.4) is 0 Å². The summed E-state index contributed by atoms with van der Waals surface area (Å²) in [6.45, 7) is 0. The first kappa shape index (κ1) is 18.9. The average molecular weight is 396 g/mol. The number of amides is 2. The Labute approximate surface area is 160 Å². The second-order valence-electron chi connectivity index (χ2n) is 6.17. The summed E-state index contributed by atoms with van der Waals surface area (Å²) in [5.41, 5.74) is 1.47. The molecule has 1 aromatic heterocycles. The number of carbonyl (C=O) groups is 3. The second kappa shape index (κ2) is 7.79. The molecule has 1 N–H and O–H groups in total. The van der Waals surface area contributed by atoms with Crippen LogP contribution in [0.1, 0.15) is 40.1 Å². The van der Waals surface area contributed by atoms with Gasteiger partial charge in [-0.15, -0.1) is 11.3 Å². The van der Waals surface area contributed by atoms with Crippen LogP contribution in [0.5, 0.6) is 0 Å². The van der Waals surface area contributed by atoms with Crippen LogP contribution in [-0.4, -0.2) is 54.3 Å². The van der Waals surface area contributed by atoms with Crippen LogP contribution in [0.2, 0.25) is 0 Å². The van der Waals surface area contributed by atoms with E-state index in [2.05, 4.69) is 10.3 Å². The maximum Gasteiger partial charge on any atom is 0.341 e. The molecule has 7 nitrogen and oxygen atoms in total. The number of anilines is 1. The van der Waals surface area contributed by atoms with E-state index in [1.54, 1.807) is 14.1 Å². The van der Waals surface area contributed by atoms with Gasteiger partial charge in [0.2, 0.25) is 11.8 Å². The molecule has 0 bridgehead atoms. The van der Waals surface area contributed by atoms with Gasteiger partial charge in [-0.25, -0.2) is 4.79 Å². The Hall–Kier alpha value is -1.87. The molecule has 1 aliphatic heterocycles. The smallest absolute Gasteiger partial charge is 0.341 e. The molecule has 2 amide bonds. The number of carbonyl (C=O) groups excluding carboxylic acids is 3. The van der Waals surface area contributed by atoms with Crippen LogP contribution in [0.4, 0.5) is 5.00 Å². The molecule has 9 heteroatoms. The predicted octanol–water partition coefficient (Wildman–Crippen LogP) is 2.30. The van der Waals surface area contributed by atoms with E-state index < -0.39 is 11.2 Å². The number of fused-ring (bicyclic) bond motifs is 1. The van der Waals surface area contributed by atoms with Gasteiger partial charge in [0, 0.05) is 25.4 Å². The first-order valence-electron chi connectivity index (χ1n) is 8.40. The Bertz CT molecular complexity index is 787. The van der Waals surface area contributed by atoms with E-state index >= 15 is 0 Å². The number of nitrogens with zero attached hydrogens (tertiary/aromatic N) is 2. The van der Waals surface area contributed by atoms with Crippen molar-refractivity contribution in [3.63, 3.8) is 0 Å². The van der Waals surface area contributed by atoms with Crippen molar-refractivity contribution in [2.45, 2.75) is 37.4 Å². The predicted molar refractivity (Wildman–Crippen MR) is 103 cm³/mol. The molecule has 0 saturated carbocycles. The van der Waals surface area contributed by atoms with E-state index in [4.69, 9.17) is 4.74 Å². The third-order valence-electron chi connectivity index (χ3n) is 4.52. The number of hydrogen-bond acceptors (Lipinski definition) is 7. The Kier molecular flexibility index (Phi) is 5.67. The number of thioether (sulfide) groups is 1. The van der Waals surface area contributed by atoms with Crippen LogP contribution in [0.25, 0.3) is 0 Å². The summed E-state index contributed by atoms with van der Waals surface area (Å²) in [5.74, 6) is -0.846. The van der Waals surface area contributed by atoms with Crippen molar-refractivity contribution in [2.75, 3.05) is 26.5 Å². The Morgan fingerprint density at radius 2 is 2.08 bits per heavy atom. The topological polar surface area (TPSA) is 88.1 Å². The highest BCUT2D eigenvalue weighted by atomic mass is 32.2. The zero-order valence-corrected chi connectivity index (χ0v) is 16.6. The van der Waals surface area contributed by atoms with Crippen molar-refractivity contribution in [3.05, 3.63) is 16.0 Å². The van der Waals surface area contributed by atoms with E-state index in [0.717, 1.165) is 36.1 Å². The fourth-order valence-corrected chi connectivity index (χ4v) is 5.61. The molecule has 26 heavy (non-hydrogen) atoms. The molecular weight excluding hydrogens is 374 g/mol. The normalized spacial score (nSPS) is 21.0. The number of hydrogen-bond donors (Lipinski definition) is 1. The quantitative estimate of drug-likeness (QED) is 0.791. The zero-order valence-electron chi connectivity index (χ0n) is 15.0. The number of nitrogens with one attached hydrogen (secondary N) is 1. The van der Waals surface area contributed by atoms with Crippen molar-refractivity contribution < 1.29 is 19.1 Å². The van der Waals surface area contributed by atoms with Crippen LogP contribution >= 0.6 is 23.1 Å². The van der Waals surface area contributed by atoms with E-state index in [9.17, 15) is 14.4 Å². The average Bonchev–Trinajstić information content (AvgIpc) is 3.12. The van der Waals surface area contributed by atoms with Crippen LogP contribution < -0.4 is 5.32 Å². The largest absolute Gasteiger partial charge is 0.465 e. The Morgan fingerprint density at radius 3 is 2.73 bits per heavy atom. The van der Waals surface area contributed by atoms with Gasteiger partial charge in [-0.3, -0.25) is 19.5 Å². The van der Waals surface area contributed by atoms with Gasteiger partial charge in [-0.05, 0) is 31.2 Å². The van der Waals surface area contributed by atoms with Crippen molar-refractivity contribution in [2.24, 2.45) is 4.99 Å². The van der Waals surface area contributed by atoms with Gasteiger partial charge in [0.05, 0.1) is 12.7 Å². The minimum atomic E-state index is -0.491. The lowest BCUT2D eigenvalue weighted by Gasteiger charge is -2.12. The monoisotopic (exact) mass is 395 g/mol. The van der Waals surface area contributed by atoms with E-state index in [1.165, 1.54) is 35.1 Å². The molecule has 1 atom stereocenters. The molecule has 2 aliphatic rings. The maximum atomic E-state index is 12.5. The van der Waals surface area contributed by atoms with Crippen LogP contribution in [-0.2, 0) is 27.2 Å². The van der Waals surface area contributed by atoms with Crippen LogP contribution in [0.15, 0.2) is 4.99 Å². The summed E-state index contributed by atoms with van der Waals surface area (Å²) in [5, 5.41) is 3.48. The molecule has 1 aromatic rings. The third kappa shape index (κ3) is 3.50. The first-order chi connectivity index (χ1) is 12.5. The number of rotatable bonds is 4. The standard InChI is InChI=1S/C17H21N3O4S2/c1-18-17-20(2)15(22)11(26-17)8-12(21)19-14-13(16(23)24-3)9-6-4-5-7-10(9)25-14/h11H,4-8H2,1-3H3,(H,19,21). The molecule has 2 heterocycles. The number of thiophene rings is 1. The summed E-state index contributed by atoms with van der Waals surface area (Å²) < 4.78 is 4.91. The molecule has 0 spiro atoms. The van der Waals surface area contributed by atoms with Crippen LogP contribution in [0, 0.1) is 0 Å². The highest BCUT2D eigenvalue weighted by Gasteiger charge is 2.37. The molecule has 140 valence electrons. The van der Waals surface area contributed by atoms with E-state index in [-0.39, 0.29) is 18.2 Å². The summed E-state index contributed by atoms with van der Waals surface area (Å²) >= 11 is 2.73. The highest BCUT2D eigenvalue weighted by Crippen LogP contribution is 2.39. The van der Waals surface area contributed by atoms with Gasteiger partial charge >= 0.3 is 5.97 Å². The highest BCUT2D eigenvalue weighted by molar-refractivity contribution is 8.15. The summed E-state index contributed by atoms with van der Waals surface area (Å²) in [4.78, 5) is 43.6. The van der Waals surface area contributed by atoms with Gasteiger partial charge in [-0.2, -0.15) is 0 Å². The van der Waals surface area contributed by atoms with Gasteiger partial charge in [0.1, 0.15) is 10.3 Å². The van der Waals surface area contributed by atoms with Gasteiger partial charge < -0.3 is 10.1 Å². The fraction of sp³-hybridized carbons (Fsp3) is 0.529. The maximum absolute atomic E-state index is 12.5.